The van der Waals surface area contributed by atoms with Crippen LogP contribution in [-0.2, 0) is 9.59 Å². The number of likely N-dealkylation sites (tertiary alicyclic amines) is 1. The molecule has 1 saturated heterocycles. The van der Waals surface area contributed by atoms with Crippen molar-refractivity contribution in [2.45, 2.75) is 65.6 Å². The van der Waals surface area contributed by atoms with Crippen molar-refractivity contribution < 1.29 is 9.59 Å². The van der Waals surface area contributed by atoms with Gasteiger partial charge in [-0.15, -0.1) is 0 Å². The van der Waals surface area contributed by atoms with Crippen LogP contribution in [0.25, 0.3) is 0 Å². The maximum Gasteiger partial charge on any atom is 0.239 e. The number of hydrogen-bond acceptors (Lipinski definition) is 3. The third-order valence-corrected chi connectivity index (χ3v) is 4.02. The predicted octanol–water partition coefficient (Wildman–Crippen LogP) is 1.22. The lowest BCUT2D eigenvalue weighted by Gasteiger charge is -2.41. The molecule has 0 aromatic heterocycles. The van der Waals surface area contributed by atoms with E-state index in [1.54, 1.807) is 6.92 Å². The van der Waals surface area contributed by atoms with Crippen LogP contribution < -0.4 is 5.73 Å². The summed E-state index contributed by atoms with van der Waals surface area (Å²) in [6.07, 6.45) is 1.89. The van der Waals surface area contributed by atoms with E-state index in [2.05, 4.69) is 0 Å². The third-order valence-electron chi connectivity index (χ3n) is 4.02. The minimum Gasteiger partial charge on any atom is -0.339 e. The van der Waals surface area contributed by atoms with E-state index < -0.39 is 6.04 Å². The van der Waals surface area contributed by atoms with E-state index in [9.17, 15) is 9.59 Å². The third kappa shape index (κ3) is 3.95. The first kappa shape index (κ1) is 17.0. The lowest BCUT2D eigenvalue weighted by molar-refractivity contribution is -0.141. The van der Waals surface area contributed by atoms with Crippen molar-refractivity contribution in [2.75, 3.05) is 13.1 Å². The van der Waals surface area contributed by atoms with Gasteiger partial charge in [0, 0.05) is 32.1 Å². The molecule has 1 aliphatic rings. The Balaban J connectivity index is 2.76. The topological polar surface area (TPSA) is 66.6 Å². The summed E-state index contributed by atoms with van der Waals surface area (Å²) < 4.78 is 0. The molecule has 0 aliphatic carbocycles. The number of amides is 2. The summed E-state index contributed by atoms with van der Waals surface area (Å²) in [4.78, 5) is 27.9. The van der Waals surface area contributed by atoms with Gasteiger partial charge in [0.25, 0.3) is 0 Å². The SMILES string of the molecule is CC(=O)N(C(C)C)[C@@H]1CCCN(C(=O)[C@@H](N)C(C)C)C1. The minimum atomic E-state index is -0.446. The smallest absolute Gasteiger partial charge is 0.239 e. The molecule has 0 aromatic carbocycles. The Morgan fingerprint density at radius 1 is 1.25 bits per heavy atom. The van der Waals surface area contributed by atoms with Crippen LogP contribution in [0.4, 0.5) is 0 Å². The summed E-state index contributed by atoms with van der Waals surface area (Å²) in [5, 5.41) is 0. The molecule has 2 amide bonds. The van der Waals surface area contributed by atoms with E-state index in [0.29, 0.717) is 6.54 Å². The average Bonchev–Trinajstić information content (AvgIpc) is 2.36. The molecule has 0 spiro atoms. The van der Waals surface area contributed by atoms with Crippen LogP contribution >= 0.6 is 0 Å². The molecule has 1 heterocycles. The number of carbonyl (C=O) groups excluding carboxylic acids is 2. The molecular weight excluding hydrogens is 254 g/mol. The van der Waals surface area contributed by atoms with Crippen LogP contribution in [0.1, 0.15) is 47.5 Å². The Hall–Kier alpha value is -1.10. The molecule has 0 unspecified atom stereocenters. The standard InChI is InChI=1S/C15H29N3O2/c1-10(2)14(16)15(20)17-8-6-7-13(9-17)18(11(3)4)12(5)19/h10-11,13-14H,6-9,16H2,1-5H3/t13-,14+/m1/s1. The van der Waals surface area contributed by atoms with Gasteiger partial charge in [-0.3, -0.25) is 9.59 Å². The maximum atomic E-state index is 12.3. The molecular formula is C15H29N3O2. The first-order valence-electron chi connectivity index (χ1n) is 7.59. The van der Waals surface area contributed by atoms with Gasteiger partial charge in [0.05, 0.1) is 6.04 Å². The summed E-state index contributed by atoms with van der Waals surface area (Å²) >= 11 is 0. The van der Waals surface area contributed by atoms with Crippen molar-refractivity contribution in [3.05, 3.63) is 0 Å². The van der Waals surface area contributed by atoms with Crippen molar-refractivity contribution in [1.29, 1.82) is 0 Å². The van der Waals surface area contributed by atoms with E-state index in [1.807, 2.05) is 37.5 Å². The Bertz CT molecular complexity index is 355. The van der Waals surface area contributed by atoms with E-state index in [4.69, 9.17) is 5.73 Å². The van der Waals surface area contributed by atoms with Crippen molar-refractivity contribution in [3.63, 3.8) is 0 Å². The first-order chi connectivity index (χ1) is 9.25. The maximum absolute atomic E-state index is 12.3. The predicted molar refractivity (Wildman–Crippen MR) is 80.1 cm³/mol. The number of nitrogens with zero attached hydrogens (tertiary/aromatic N) is 2. The summed E-state index contributed by atoms with van der Waals surface area (Å²) in [5.41, 5.74) is 5.96. The number of hydrogen-bond donors (Lipinski definition) is 1. The van der Waals surface area contributed by atoms with Gasteiger partial charge in [-0.05, 0) is 32.6 Å². The van der Waals surface area contributed by atoms with Crippen LogP contribution in [0, 0.1) is 5.92 Å². The van der Waals surface area contributed by atoms with Crippen molar-refractivity contribution in [2.24, 2.45) is 11.7 Å². The number of nitrogens with two attached hydrogens (primary N) is 1. The zero-order valence-corrected chi connectivity index (χ0v) is 13.4. The fraction of sp³-hybridized carbons (Fsp3) is 0.867. The van der Waals surface area contributed by atoms with Crippen LogP contribution in [0.3, 0.4) is 0 Å². The Morgan fingerprint density at radius 2 is 1.85 bits per heavy atom. The van der Waals surface area contributed by atoms with Crippen LogP contribution in [-0.4, -0.2) is 52.8 Å². The van der Waals surface area contributed by atoms with Gasteiger partial charge in [-0.1, -0.05) is 13.8 Å². The molecule has 2 atom stereocenters. The molecule has 0 saturated carbocycles. The second-order valence-electron chi connectivity index (χ2n) is 6.37. The van der Waals surface area contributed by atoms with Crippen LogP contribution in [0.2, 0.25) is 0 Å². The van der Waals surface area contributed by atoms with E-state index in [0.717, 1.165) is 19.4 Å². The minimum absolute atomic E-state index is 0.0111. The Labute approximate surface area is 122 Å². The van der Waals surface area contributed by atoms with E-state index in [-0.39, 0.29) is 29.8 Å². The molecule has 2 N–H and O–H groups in total. The number of piperidine rings is 1. The second kappa shape index (κ2) is 7.07. The molecule has 116 valence electrons. The van der Waals surface area contributed by atoms with Gasteiger partial charge in [0.2, 0.25) is 11.8 Å². The molecule has 1 aliphatic heterocycles. The number of rotatable bonds is 4. The van der Waals surface area contributed by atoms with Crippen LogP contribution in [0.15, 0.2) is 0 Å². The van der Waals surface area contributed by atoms with E-state index in [1.165, 1.54) is 0 Å². The zero-order valence-electron chi connectivity index (χ0n) is 13.4. The summed E-state index contributed by atoms with van der Waals surface area (Å²) in [7, 11) is 0. The van der Waals surface area contributed by atoms with Gasteiger partial charge < -0.3 is 15.5 Å². The van der Waals surface area contributed by atoms with Gasteiger partial charge in [-0.25, -0.2) is 0 Å². The molecule has 5 heteroatoms. The summed E-state index contributed by atoms with van der Waals surface area (Å²) in [6.45, 7) is 10.9. The van der Waals surface area contributed by atoms with Gasteiger partial charge >= 0.3 is 0 Å². The Kier molecular flexibility index (Phi) is 5.99. The van der Waals surface area contributed by atoms with Crippen molar-refractivity contribution >= 4 is 11.8 Å². The highest BCUT2D eigenvalue weighted by Gasteiger charge is 2.32. The molecule has 1 rings (SSSR count). The molecule has 0 aromatic rings. The highest BCUT2D eigenvalue weighted by atomic mass is 16.2. The second-order valence-corrected chi connectivity index (χ2v) is 6.37. The molecule has 0 radical (unpaired) electrons. The highest BCUT2D eigenvalue weighted by Crippen LogP contribution is 2.19. The largest absolute Gasteiger partial charge is 0.339 e. The monoisotopic (exact) mass is 283 g/mol. The lowest BCUT2D eigenvalue weighted by atomic mass is 9.99. The Morgan fingerprint density at radius 3 is 2.30 bits per heavy atom. The van der Waals surface area contributed by atoms with Crippen molar-refractivity contribution in [1.82, 2.24) is 9.80 Å². The number of carbonyl (C=O) groups is 2. The zero-order chi connectivity index (χ0) is 15.4. The van der Waals surface area contributed by atoms with Gasteiger partial charge in [0.15, 0.2) is 0 Å². The average molecular weight is 283 g/mol. The summed E-state index contributed by atoms with van der Waals surface area (Å²) in [5.74, 6) is 0.223. The summed E-state index contributed by atoms with van der Waals surface area (Å²) in [6, 6.07) is -0.172. The molecule has 20 heavy (non-hydrogen) atoms. The molecule has 5 nitrogen and oxygen atoms in total. The molecule has 0 bridgehead atoms. The van der Waals surface area contributed by atoms with Crippen molar-refractivity contribution in [3.8, 4) is 0 Å². The first-order valence-corrected chi connectivity index (χ1v) is 7.59. The fourth-order valence-corrected chi connectivity index (χ4v) is 2.92. The van der Waals surface area contributed by atoms with Gasteiger partial charge in [-0.2, -0.15) is 0 Å². The normalized spacial score (nSPS) is 21.2. The quantitative estimate of drug-likeness (QED) is 0.843. The van der Waals surface area contributed by atoms with Crippen LogP contribution in [0.5, 0.6) is 0 Å². The van der Waals surface area contributed by atoms with Gasteiger partial charge in [0.1, 0.15) is 0 Å². The molecule has 1 fully saturated rings. The fourth-order valence-electron chi connectivity index (χ4n) is 2.92. The highest BCUT2D eigenvalue weighted by molar-refractivity contribution is 5.82. The lowest BCUT2D eigenvalue weighted by Crippen LogP contribution is -2.56. The van der Waals surface area contributed by atoms with E-state index >= 15 is 0 Å².